The fraction of sp³-hybridized carbons (Fsp3) is 0.471. The molecule has 4 rings (SSSR count). The first-order chi connectivity index (χ1) is 11.9. The molecule has 2 N–H and O–H groups in total. The molecule has 0 atom stereocenters. The highest BCUT2D eigenvalue weighted by atomic mass is 32.2. The number of piperazine rings is 1. The van der Waals surface area contributed by atoms with Crippen LogP contribution in [0.2, 0.25) is 0 Å². The van der Waals surface area contributed by atoms with E-state index in [4.69, 9.17) is 9.56 Å². The molecule has 1 fully saturated rings. The predicted octanol–water partition coefficient (Wildman–Crippen LogP) is 0.603. The Morgan fingerprint density at radius 3 is 2.40 bits per heavy atom. The highest BCUT2D eigenvalue weighted by Crippen LogP contribution is 2.29. The Labute approximate surface area is 146 Å². The van der Waals surface area contributed by atoms with Gasteiger partial charge in [0.05, 0.1) is 0 Å². The van der Waals surface area contributed by atoms with Crippen LogP contribution in [0.1, 0.15) is 23.1 Å². The van der Waals surface area contributed by atoms with Gasteiger partial charge in [0.2, 0.25) is 0 Å². The van der Waals surface area contributed by atoms with Crippen LogP contribution in [-0.4, -0.2) is 43.8 Å². The minimum atomic E-state index is -3.63. The van der Waals surface area contributed by atoms with Gasteiger partial charge in [-0.05, 0) is 48.1 Å². The molecule has 0 saturated carbocycles. The van der Waals surface area contributed by atoms with Crippen LogP contribution in [0, 0.1) is 0 Å². The van der Waals surface area contributed by atoms with E-state index >= 15 is 0 Å². The maximum absolute atomic E-state index is 11.9. The maximum Gasteiger partial charge on any atom is 0.336 e. The third-order valence-corrected chi connectivity index (χ3v) is 6.21. The van der Waals surface area contributed by atoms with Crippen molar-refractivity contribution in [1.29, 1.82) is 0 Å². The molecule has 134 valence electrons. The third-order valence-electron chi connectivity index (χ3n) is 5.13. The monoisotopic (exact) mass is 363 g/mol. The molecule has 2 aliphatic rings. The van der Waals surface area contributed by atoms with Crippen molar-refractivity contribution in [1.82, 2.24) is 9.21 Å². The number of rotatable bonds is 3. The van der Waals surface area contributed by atoms with Gasteiger partial charge in [-0.3, -0.25) is 4.90 Å². The summed E-state index contributed by atoms with van der Waals surface area (Å²) < 4.78 is 29.5. The topological polar surface area (TPSA) is 96.9 Å². The summed E-state index contributed by atoms with van der Waals surface area (Å²) in [5.74, 6) is 0. The zero-order valence-electron chi connectivity index (χ0n) is 13.9. The van der Waals surface area contributed by atoms with Crippen LogP contribution in [0.15, 0.2) is 27.4 Å². The quantitative estimate of drug-likeness (QED) is 0.806. The van der Waals surface area contributed by atoms with Crippen molar-refractivity contribution in [2.24, 2.45) is 5.14 Å². The third kappa shape index (κ3) is 3.35. The molecule has 0 unspecified atom stereocenters. The number of nitrogens with two attached hydrogens (primary N) is 1. The summed E-state index contributed by atoms with van der Waals surface area (Å²) in [5.41, 5.74) is 3.84. The fourth-order valence-electron chi connectivity index (χ4n) is 3.81. The van der Waals surface area contributed by atoms with Gasteiger partial charge < -0.3 is 4.42 Å². The number of hydrogen-bond acceptors (Lipinski definition) is 5. The van der Waals surface area contributed by atoms with Crippen LogP contribution in [0.3, 0.4) is 0 Å². The van der Waals surface area contributed by atoms with E-state index < -0.39 is 10.2 Å². The number of benzene rings is 1. The van der Waals surface area contributed by atoms with Crippen LogP contribution >= 0.6 is 0 Å². The average molecular weight is 363 g/mol. The summed E-state index contributed by atoms with van der Waals surface area (Å²) >= 11 is 0. The van der Waals surface area contributed by atoms with Gasteiger partial charge >= 0.3 is 5.63 Å². The van der Waals surface area contributed by atoms with Crippen LogP contribution < -0.4 is 10.8 Å². The van der Waals surface area contributed by atoms with Crippen molar-refractivity contribution < 1.29 is 12.8 Å². The molecule has 2 aromatic rings. The minimum absolute atomic E-state index is 0.344. The predicted molar refractivity (Wildman–Crippen MR) is 94.5 cm³/mol. The Hall–Kier alpha value is -1.74. The van der Waals surface area contributed by atoms with Crippen LogP contribution in [-0.2, 0) is 29.6 Å². The first kappa shape index (κ1) is 16.7. The first-order valence-electron chi connectivity index (χ1n) is 8.49. The van der Waals surface area contributed by atoms with E-state index in [1.807, 2.05) is 6.07 Å². The molecule has 2 heterocycles. The number of aryl methyl sites for hydroxylation is 2. The van der Waals surface area contributed by atoms with Crippen molar-refractivity contribution in [2.75, 3.05) is 26.2 Å². The van der Waals surface area contributed by atoms with Gasteiger partial charge in [-0.15, -0.1) is 0 Å². The largest absolute Gasteiger partial charge is 0.423 e. The zero-order valence-corrected chi connectivity index (χ0v) is 14.7. The Bertz CT molecular complexity index is 975. The molecule has 0 bridgehead atoms. The van der Waals surface area contributed by atoms with Gasteiger partial charge in [0.25, 0.3) is 10.2 Å². The SMILES string of the molecule is NS(=O)(=O)N1CCN(Cc2cc(=O)oc3cc4c(cc23)CCC4)CC1. The van der Waals surface area contributed by atoms with Crippen LogP contribution in [0.5, 0.6) is 0 Å². The smallest absolute Gasteiger partial charge is 0.336 e. The summed E-state index contributed by atoms with van der Waals surface area (Å²) in [4.78, 5) is 14.1. The van der Waals surface area contributed by atoms with E-state index in [1.165, 1.54) is 15.4 Å². The maximum atomic E-state index is 11.9. The van der Waals surface area contributed by atoms with Gasteiger partial charge in [-0.25, -0.2) is 9.93 Å². The lowest BCUT2D eigenvalue weighted by Crippen LogP contribution is -2.50. The lowest BCUT2D eigenvalue weighted by molar-refractivity contribution is 0.182. The molecule has 1 aromatic heterocycles. The second-order valence-electron chi connectivity index (χ2n) is 6.78. The summed E-state index contributed by atoms with van der Waals surface area (Å²) in [7, 11) is -3.63. The summed E-state index contributed by atoms with van der Waals surface area (Å²) in [6.07, 6.45) is 3.24. The lowest BCUT2D eigenvalue weighted by Gasteiger charge is -2.33. The zero-order chi connectivity index (χ0) is 17.6. The average Bonchev–Trinajstić information content (AvgIpc) is 3.00. The van der Waals surface area contributed by atoms with Gasteiger partial charge in [0.1, 0.15) is 5.58 Å². The standard InChI is InChI=1S/C17H21N3O4S/c18-25(22,23)20-6-4-19(5-7-20)11-14-10-17(21)24-16-9-13-3-1-2-12(13)8-15(14)16/h8-10H,1-7,11H2,(H2,18,22,23). The lowest BCUT2D eigenvalue weighted by atomic mass is 10.0. The normalized spacial score (nSPS) is 19.4. The number of nitrogens with zero attached hydrogens (tertiary/aromatic N) is 2. The van der Waals surface area contributed by atoms with Crippen molar-refractivity contribution in [3.05, 3.63) is 45.3 Å². The van der Waals surface area contributed by atoms with Crippen LogP contribution in [0.4, 0.5) is 0 Å². The Balaban J connectivity index is 1.61. The van der Waals surface area contributed by atoms with Gasteiger partial charge in [0, 0.05) is 44.2 Å². The molecule has 1 aliphatic heterocycles. The second kappa shape index (κ2) is 6.21. The molecule has 1 aromatic carbocycles. The molecular weight excluding hydrogens is 342 g/mol. The van der Waals surface area contributed by atoms with Crippen molar-refractivity contribution in [2.45, 2.75) is 25.8 Å². The van der Waals surface area contributed by atoms with Crippen molar-refractivity contribution >= 4 is 21.2 Å². The van der Waals surface area contributed by atoms with E-state index in [0.717, 1.165) is 30.2 Å². The fourth-order valence-corrected chi connectivity index (χ4v) is 4.48. The number of fused-ring (bicyclic) bond motifs is 2. The number of hydrogen-bond donors (Lipinski definition) is 1. The van der Waals surface area contributed by atoms with Gasteiger partial charge in [-0.2, -0.15) is 12.7 Å². The highest BCUT2D eigenvalue weighted by Gasteiger charge is 2.24. The Morgan fingerprint density at radius 1 is 1.04 bits per heavy atom. The molecule has 0 radical (unpaired) electrons. The molecular formula is C17H21N3O4S. The van der Waals surface area contributed by atoms with E-state index in [9.17, 15) is 13.2 Å². The Kier molecular flexibility index (Phi) is 4.15. The molecule has 0 amide bonds. The molecule has 25 heavy (non-hydrogen) atoms. The van der Waals surface area contributed by atoms with Crippen LogP contribution in [0.25, 0.3) is 11.0 Å². The Morgan fingerprint density at radius 2 is 1.72 bits per heavy atom. The van der Waals surface area contributed by atoms with Gasteiger partial charge in [-0.1, -0.05) is 0 Å². The molecule has 8 heteroatoms. The minimum Gasteiger partial charge on any atom is -0.423 e. The van der Waals surface area contributed by atoms with Gasteiger partial charge in [0.15, 0.2) is 0 Å². The summed E-state index contributed by atoms with van der Waals surface area (Å²) in [6.45, 7) is 2.51. The van der Waals surface area contributed by atoms with Crippen molar-refractivity contribution in [3.8, 4) is 0 Å². The van der Waals surface area contributed by atoms with E-state index in [2.05, 4.69) is 11.0 Å². The molecule has 1 aliphatic carbocycles. The van der Waals surface area contributed by atoms with E-state index in [0.29, 0.717) is 38.3 Å². The summed E-state index contributed by atoms with van der Waals surface area (Å²) in [5, 5.41) is 6.16. The van der Waals surface area contributed by atoms with Crippen molar-refractivity contribution in [3.63, 3.8) is 0 Å². The second-order valence-corrected chi connectivity index (χ2v) is 8.33. The van der Waals surface area contributed by atoms with E-state index in [-0.39, 0.29) is 5.63 Å². The molecule has 0 spiro atoms. The molecule has 7 nitrogen and oxygen atoms in total. The molecule has 1 saturated heterocycles. The first-order valence-corrected chi connectivity index (χ1v) is 9.99. The highest BCUT2D eigenvalue weighted by molar-refractivity contribution is 7.86. The van der Waals surface area contributed by atoms with E-state index in [1.54, 1.807) is 6.07 Å². The summed E-state index contributed by atoms with van der Waals surface area (Å²) in [6, 6.07) is 5.70.